The molecule has 5 nitrogen and oxygen atoms in total. The molecule has 0 atom stereocenters. The molecule has 6 heteroatoms. The van der Waals surface area contributed by atoms with Crippen molar-refractivity contribution in [2.24, 2.45) is 0 Å². The third-order valence-corrected chi connectivity index (χ3v) is 19.9. The number of rotatable bonds is 5. The van der Waals surface area contributed by atoms with E-state index in [1.165, 1.54) is 138 Å². The van der Waals surface area contributed by atoms with Crippen molar-refractivity contribution in [3.63, 3.8) is 0 Å². The standard InChI is InChI=1S/C82H72BN5/c1-79(2,3)50-30-36-56(37-31-50)84-64-42-35-53(82(10,11)12)46-62(64)83-76-69(84)47-58(48-70(76)87(57-38-32-51(33-39-57)80(4,5)6)77-61-45-52(81(7,8)9)34-41-63(61)88(78(77)83)55-24-17-14-18-25-55)86-66-40-29-49-21-19-26-59-60-27-20-28-65-72(60)74-67(85(65)54-22-15-13-16-23-54)43-44-68(86)75(74)73(66)71(49)59/h13-48H,1-12H3. The van der Waals surface area contributed by atoms with E-state index in [1.54, 1.807) is 0 Å². The van der Waals surface area contributed by atoms with E-state index in [1.807, 2.05) is 0 Å². The fourth-order valence-corrected chi connectivity index (χ4v) is 15.5. The fourth-order valence-electron chi connectivity index (χ4n) is 15.5. The number of anilines is 6. The highest BCUT2D eigenvalue weighted by atomic mass is 15.2. The molecule has 2 aliphatic heterocycles. The van der Waals surface area contributed by atoms with Crippen LogP contribution in [-0.4, -0.2) is 20.4 Å². The van der Waals surface area contributed by atoms with Crippen molar-refractivity contribution >= 4 is 123 Å². The van der Waals surface area contributed by atoms with Gasteiger partial charge in [-0.05, 0) is 180 Å². The number of benzene rings is 11. The average Bonchev–Trinajstić information content (AvgIpc) is 1.42. The van der Waals surface area contributed by atoms with Crippen molar-refractivity contribution in [1.82, 2.24) is 13.7 Å². The second kappa shape index (κ2) is 18.0. The van der Waals surface area contributed by atoms with Crippen molar-refractivity contribution in [3.05, 3.63) is 241 Å². The second-order valence-electron chi connectivity index (χ2n) is 29.4. The molecule has 0 fully saturated rings. The molecule has 3 aromatic heterocycles. The molecule has 0 bridgehead atoms. The molecular weight excluding hydrogens is 1070 g/mol. The number of hydrogen-bond donors (Lipinski definition) is 0. The van der Waals surface area contributed by atoms with Gasteiger partial charge in [0.1, 0.15) is 0 Å². The lowest BCUT2D eigenvalue weighted by Crippen LogP contribution is -2.63. The summed E-state index contributed by atoms with van der Waals surface area (Å²) in [6.45, 7) is 27.9. The first-order valence-electron chi connectivity index (χ1n) is 31.6. The van der Waals surface area contributed by atoms with Crippen LogP contribution in [0, 0.1) is 0 Å². The fraction of sp³-hybridized carbons (Fsp3) is 0.195. The monoisotopic (exact) mass is 1140 g/mol. The maximum absolute atomic E-state index is 2.68. The van der Waals surface area contributed by atoms with Crippen molar-refractivity contribution in [3.8, 4) is 28.2 Å². The lowest BCUT2D eigenvalue weighted by atomic mass is 9.34. The van der Waals surface area contributed by atoms with Crippen molar-refractivity contribution in [2.75, 3.05) is 9.80 Å². The van der Waals surface area contributed by atoms with Crippen LogP contribution in [0.3, 0.4) is 0 Å². The summed E-state index contributed by atoms with van der Waals surface area (Å²) < 4.78 is 7.75. The van der Waals surface area contributed by atoms with Crippen LogP contribution < -0.4 is 26.3 Å². The number of nitrogens with zero attached hydrogens (tertiary/aromatic N) is 5. The van der Waals surface area contributed by atoms with Crippen LogP contribution in [0.5, 0.6) is 0 Å². The van der Waals surface area contributed by atoms with E-state index in [4.69, 9.17) is 0 Å². The summed E-state index contributed by atoms with van der Waals surface area (Å²) in [7, 11) is 0. The van der Waals surface area contributed by atoms with Gasteiger partial charge < -0.3 is 23.5 Å². The highest BCUT2D eigenvalue weighted by molar-refractivity contribution is 7.00. The topological polar surface area (TPSA) is 21.3 Å². The van der Waals surface area contributed by atoms with Gasteiger partial charge in [-0.2, -0.15) is 0 Å². The molecule has 0 unspecified atom stereocenters. The van der Waals surface area contributed by atoms with Crippen molar-refractivity contribution in [2.45, 2.75) is 105 Å². The number of aromatic nitrogens is 3. The average molecular weight is 1140 g/mol. The summed E-state index contributed by atoms with van der Waals surface area (Å²) >= 11 is 0. The number of para-hydroxylation sites is 2. The van der Waals surface area contributed by atoms with E-state index >= 15 is 0 Å². The molecule has 0 amide bonds. The zero-order chi connectivity index (χ0) is 60.2. The Balaban J connectivity index is 1.07. The van der Waals surface area contributed by atoms with E-state index in [0.717, 1.165) is 28.4 Å². The molecule has 0 spiro atoms. The minimum atomic E-state index is -0.176. The Labute approximate surface area is 516 Å². The zero-order valence-electron chi connectivity index (χ0n) is 52.6. The van der Waals surface area contributed by atoms with E-state index in [-0.39, 0.29) is 28.4 Å². The third kappa shape index (κ3) is 7.41. The normalized spacial score (nSPS) is 13.8. The lowest BCUT2D eigenvalue weighted by molar-refractivity contribution is 0.590. The first kappa shape index (κ1) is 52.8. The van der Waals surface area contributed by atoms with Crippen LogP contribution in [0.4, 0.5) is 34.1 Å². The van der Waals surface area contributed by atoms with Gasteiger partial charge in [-0.15, -0.1) is 0 Å². The van der Waals surface area contributed by atoms with Gasteiger partial charge in [0.05, 0.1) is 39.0 Å². The molecule has 11 aromatic carbocycles. The summed E-state index contributed by atoms with van der Waals surface area (Å²) in [5, 5.41) is 9.00. The number of hydrogen-bond acceptors (Lipinski definition) is 2. The van der Waals surface area contributed by atoms with Gasteiger partial charge >= 0.3 is 0 Å². The predicted octanol–water partition coefficient (Wildman–Crippen LogP) is 20.2. The molecule has 0 saturated heterocycles. The van der Waals surface area contributed by atoms with Crippen LogP contribution in [-0.2, 0) is 21.7 Å². The summed E-state index contributed by atoms with van der Waals surface area (Å²) in [4.78, 5) is 5.30. The highest BCUT2D eigenvalue weighted by Gasteiger charge is 2.48. The van der Waals surface area contributed by atoms with Crippen LogP contribution in [0.25, 0.3) is 93.5 Å². The summed E-state index contributed by atoms with van der Waals surface area (Å²) in [6.07, 6.45) is 0. The molecule has 5 heterocycles. The van der Waals surface area contributed by atoms with Crippen LogP contribution >= 0.6 is 0 Å². The van der Waals surface area contributed by atoms with Gasteiger partial charge in [0.15, 0.2) is 0 Å². The highest BCUT2D eigenvalue weighted by Crippen LogP contribution is 2.54. The van der Waals surface area contributed by atoms with Gasteiger partial charge in [0.25, 0.3) is 6.71 Å². The molecule has 0 radical (unpaired) electrons. The third-order valence-electron chi connectivity index (χ3n) is 19.9. The largest absolute Gasteiger partial charge is 0.319 e. The Bertz CT molecular complexity index is 5280. The summed E-state index contributed by atoms with van der Waals surface area (Å²) in [6, 6.07) is 84.5. The van der Waals surface area contributed by atoms with Crippen molar-refractivity contribution in [1.29, 1.82) is 0 Å². The number of fused-ring (bicyclic) bond motifs is 7. The van der Waals surface area contributed by atoms with Crippen molar-refractivity contribution < 1.29 is 0 Å². The Morgan fingerprint density at radius 1 is 0.295 bits per heavy atom. The molecular formula is C82H72BN5. The molecule has 1 aliphatic carbocycles. The van der Waals surface area contributed by atoms with Gasteiger partial charge in [0, 0.05) is 72.3 Å². The Kier molecular flexibility index (Phi) is 10.8. The van der Waals surface area contributed by atoms with E-state index in [2.05, 4.69) is 325 Å². The maximum Gasteiger partial charge on any atom is 0.273 e. The minimum Gasteiger partial charge on any atom is -0.319 e. The van der Waals surface area contributed by atoms with Crippen LogP contribution in [0.1, 0.15) is 105 Å². The second-order valence-corrected chi connectivity index (χ2v) is 29.4. The zero-order valence-corrected chi connectivity index (χ0v) is 52.6. The van der Waals surface area contributed by atoms with E-state index in [0.29, 0.717) is 0 Å². The van der Waals surface area contributed by atoms with Crippen LogP contribution in [0.2, 0.25) is 0 Å². The molecule has 428 valence electrons. The SMILES string of the molecule is CC(C)(C)c1ccc(N2c3ccc(C(C)(C)C)cc3B3c4c2cc(-n2c5ccc6cccc7c6c5c5c6c8c-7cccc8n(-c7ccccc7)c6ccc52)cc4N(c2ccc(C(C)(C)C)cc2)c2c3n(-c3ccccc3)c3ccc(C(C)(C)C)cc23)cc1. The van der Waals surface area contributed by atoms with Crippen LogP contribution in [0.15, 0.2) is 218 Å². The molecule has 0 N–H and O–H groups in total. The van der Waals surface area contributed by atoms with Gasteiger partial charge in [-0.3, -0.25) is 0 Å². The molecule has 3 aliphatic rings. The smallest absolute Gasteiger partial charge is 0.273 e. The van der Waals surface area contributed by atoms with E-state index < -0.39 is 0 Å². The molecule has 0 saturated carbocycles. The molecule has 14 aromatic rings. The predicted molar refractivity (Wildman–Crippen MR) is 377 cm³/mol. The van der Waals surface area contributed by atoms with Gasteiger partial charge in [0.2, 0.25) is 0 Å². The summed E-state index contributed by atoms with van der Waals surface area (Å²) in [5.74, 6) is 0. The first-order chi connectivity index (χ1) is 42.2. The lowest BCUT2D eigenvalue weighted by Gasteiger charge is -2.44. The summed E-state index contributed by atoms with van der Waals surface area (Å²) in [5.41, 5.74) is 27.9. The Morgan fingerprint density at radius 2 is 0.750 bits per heavy atom. The maximum atomic E-state index is 2.68. The minimum absolute atomic E-state index is 0.0238. The molecule has 17 rings (SSSR count). The Morgan fingerprint density at radius 3 is 1.35 bits per heavy atom. The Hall–Kier alpha value is -9.52. The molecule has 88 heavy (non-hydrogen) atoms. The van der Waals surface area contributed by atoms with Gasteiger partial charge in [-0.1, -0.05) is 198 Å². The first-order valence-corrected chi connectivity index (χ1v) is 31.6. The van der Waals surface area contributed by atoms with Gasteiger partial charge in [-0.25, -0.2) is 0 Å². The quantitative estimate of drug-likeness (QED) is 0.160. The van der Waals surface area contributed by atoms with E-state index in [9.17, 15) is 0 Å².